The number of rotatable bonds is 6. The molecule has 0 amide bonds. The number of nitrogens with one attached hydrogen (secondary N) is 1. The largest absolute Gasteiger partial charge is 0.382 e. The van der Waals surface area contributed by atoms with Crippen molar-refractivity contribution in [2.45, 2.75) is 4.21 Å². The molecule has 0 saturated heterocycles. The van der Waals surface area contributed by atoms with Gasteiger partial charge in [0.15, 0.2) is 4.21 Å². The van der Waals surface area contributed by atoms with Crippen molar-refractivity contribution in [2.75, 3.05) is 20.3 Å². The molecule has 1 rings (SSSR count). The SMILES string of the molecule is COCCONS(=O)(=O)c1sccc1Br. The average molecular weight is 316 g/mol. The van der Waals surface area contributed by atoms with Crippen molar-refractivity contribution >= 4 is 37.3 Å². The van der Waals surface area contributed by atoms with E-state index in [-0.39, 0.29) is 10.8 Å². The lowest BCUT2D eigenvalue weighted by molar-refractivity contribution is 0.0439. The average Bonchev–Trinajstić information content (AvgIpc) is 2.60. The van der Waals surface area contributed by atoms with Crippen LogP contribution in [0.25, 0.3) is 0 Å². The summed E-state index contributed by atoms with van der Waals surface area (Å²) in [7, 11) is -2.08. The Bertz CT molecular complexity index is 403. The third-order valence-electron chi connectivity index (χ3n) is 1.39. The Kier molecular flexibility index (Phi) is 5.16. The Labute approximate surface area is 101 Å². The molecular weight excluding hydrogens is 306 g/mol. The van der Waals surface area contributed by atoms with Gasteiger partial charge in [0.05, 0.1) is 13.2 Å². The molecule has 0 saturated carbocycles. The quantitative estimate of drug-likeness (QED) is 0.636. The van der Waals surface area contributed by atoms with Crippen LogP contribution in [0.15, 0.2) is 20.1 Å². The van der Waals surface area contributed by atoms with E-state index in [1.807, 2.05) is 4.89 Å². The van der Waals surface area contributed by atoms with E-state index in [0.717, 1.165) is 11.3 Å². The monoisotopic (exact) mass is 315 g/mol. The molecule has 0 spiro atoms. The lowest BCUT2D eigenvalue weighted by Gasteiger charge is -2.05. The maximum Gasteiger partial charge on any atom is 0.273 e. The van der Waals surface area contributed by atoms with Gasteiger partial charge in [-0.15, -0.1) is 11.3 Å². The van der Waals surface area contributed by atoms with Crippen LogP contribution in [0.5, 0.6) is 0 Å². The number of hydrogen-bond acceptors (Lipinski definition) is 5. The highest BCUT2D eigenvalue weighted by Crippen LogP contribution is 2.27. The second-order valence-electron chi connectivity index (χ2n) is 2.48. The van der Waals surface area contributed by atoms with Crippen molar-refractivity contribution in [1.82, 2.24) is 4.89 Å². The summed E-state index contributed by atoms with van der Waals surface area (Å²) < 4.78 is 28.6. The lowest BCUT2D eigenvalue weighted by Crippen LogP contribution is -2.25. The lowest BCUT2D eigenvalue weighted by atomic mass is 10.7. The summed E-state index contributed by atoms with van der Waals surface area (Å²) in [5.74, 6) is 0. The zero-order chi connectivity index (χ0) is 11.3. The fourth-order valence-corrected chi connectivity index (χ4v) is 3.90. The number of thiophene rings is 1. The van der Waals surface area contributed by atoms with Gasteiger partial charge in [-0.05, 0) is 27.4 Å². The molecule has 0 atom stereocenters. The molecule has 1 aromatic rings. The molecule has 0 aromatic carbocycles. The summed E-state index contributed by atoms with van der Waals surface area (Å²) in [5, 5.41) is 1.67. The highest BCUT2D eigenvalue weighted by atomic mass is 79.9. The first kappa shape index (κ1) is 13.1. The van der Waals surface area contributed by atoms with E-state index in [4.69, 9.17) is 9.57 Å². The van der Waals surface area contributed by atoms with Gasteiger partial charge in [0.1, 0.15) is 0 Å². The van der Waals surface area contributed by atoms with E-state index in [0.29, 0.717) is 11.1 Å². The van der Waals surface area contributed by atoms with Crippen LogP contribution in [0.3, 0.4) is 0 Å². The van der Waals surface area contributed by atoms with Crippen molar-refractivity contribution in [2.24, 2.45) is 0 Å². The van der Waals surface area contributed by atoms with E-state index < -0.39 is 10.0 Å². The van der Waals surface area contributed by atoms with E-state index in [2.05, 4.69) is 15.9 Å². The van der Waals surface area contributed by atoms with Crippen LogP contribution in [0.2, 0.25) is 0 Å². The second-order valence-corrected chi connectivity index (χ2v) is 6.09. The van der Waals surface area contributed by atoms with Gasteiger partial charge in [-0.1, -0.05) is 4.89 Å². The van der Waals surface area contributed by atoms with Crippen molar-refractivity contribution in [3.63, 3.8) is 0 Å². The van der Waals surface area contributed by atoms with Crippen molar-refractivity contribution in [1.29, 1.82) is 0 Å². The topological polar surface area (TPSA) is 64.6 Å². The third-order valence-corrected chi connectivity index (χ3v) is 5.27. The normalized spacial score (nSPS) is 11.9. The Balaban J connectivity index is 2.57. The number of methoxy groups -OCH3 is 1. The van der Waals surface area contributed by atoms with E-state index in [1.165, 1.54) is 7.11 Å². The molecule has 0 unspecified atom stereocenters. The molecule has 15 heavy (non-hydrogen) atoms. The summed E-state index contributed by atoms with van der Waals surface area (Å²) in [6.45, 7) is 0.493. The minimum atomic E-state index is -3.58. The van der Waals surface area contributed by atoms with Gasteiger partial charge in [-0.25, -0.2) is 8.42 Å². The number of hydrogen-bond donors (Lipinski definition) is 1. The minimum Gasteiger partial charge on any atom is -0.382 e. The molecule has 5 nitrogen and oxygen atoms in total. The molecule has 0 aliphatic carbocycles. The highest BCUT2D eigenvalue weighted by Gasteiger charge is 2.18. The van der Waals surface area contributed by atoms with Crippen LogP contribution in [0.1, 0.15) is 0 Å². The van der Waals surface area contributed by atoms with Gasteiger partial charge in [-0.2, -0.15) is 0 Å². The first-order valence-electron chi connectivity index (χ1n) is 3.93. The van der Waals surface area contributed by atoms with Crippen LogP contribution in [0, 0.1) is 0 Å². The highest BCUT2D eigenvalue weighted by molar-refractivity contribution is 9.10. The van der Waals surface area contributed by atoms with Gasteiger partial charge in [-0.3, -0.25) is 4.84 Å². The molecular formula is C7H10BrNO4S2. The van der Waals surface area contributed by atoms with Gasteiger partial charge in [0.2, 0.25) is 0 Å². The first-order chi connectivity index (χ1) is 7.08. The molecule has 0 bridgehead atoms. The van der Waals surface area contributed by atoms with Crippen LogP contribution in [-0.2, 0) is 19.6 Å². The summed E-state index contributed by atoms with van der Waals surface area (Å²) in [5.41, 5.74) is 0. The van der Waals surface area contributed by atoms with Gasteiger partial charge >= 0.3 is 0 Å². The number of sulfonamides is 1. The van der Waals surface area contributed by atoms with E-state index >= 15 is 0 Å². The van der Waals surface area contributed by atoms with Gasteiger partial charge in [0, 0.05) is 11.6 Å². The number of ether oxygens (including phenoxy) is 1. The molecule has 1 aromatic heterocycles. The minimum absolute atomic E-state index is 0.165. The molecule has 1 heterocycles. The summed E-state index contributed by atoms with van der Waals surface area (Å²) >= 11 is 4.25. The van der Waals surface area contributed by atoms with Crippen LogP contribution in [-0.4, -0.2) is 28.7 Å². The van der Waals surface area contributed by atoms with E-state index in [9.17, 15) is 8.42 Å². The predicted octanol–water partition coefficient (Wildman–Crippen LogP) is 1.37. The molecule has 86 valence electrons. The maximum atomic E-state index is 11.6. The molecule has 0 aliphatic rings. The Morgan fingerprint density at radius 2 is 2.27 bits per heavy atom. The molecule has 0 aliphatic heterocycles. The maximum absolute atomic E-state index is 11.6. The molecule has 0 radical (unpaired) electrons. The van der Waals surface area contributed by atoms with Crippen molar-refractivity contribution in [3.8, 4) is 0 Å². The van der Waals surface area contributed by atoms with Gasteiger partial charge in [0.25, 0.3) is 10.0 Å². The summed E-state index contributed by atoms with van der Waals surface area (Å²) in [4.78, 5) is 6.75. The van der Waals surface area contributed by atoms with Crippen LogP contribution < -0.4 is 4.89 Å². The van der Waals surface area contributed by atoms with Gasteiger partial charge < -0.3 is 4.74 Å². The van der Waals surface area contributed by atoms with E-state index in [1.54, 1.807) is 11.4 Å². The fourth-order valence-electron chi connectivity index (χ4n) is 0.754. The standard InChI is InChI=1S/C7H10BrNO4S2/c1-12-3-4-13-9-15(10,11)7-6(8)2-5-14-7/h2,5,9H,3-4H2,1H3. The van der Waals surface area contributed by atoms with Crippen LogP contribution >= 0.6 is 27.3 Å². The predicted molar refractivity (Wildman–Crippen MR) is 60.2 cm³/mol. The summed E-state index contributed by atoms with van der Waals surface area (Å²) in [6.07, 6.45) is 0. The number of halogens is 1. The molecule has 0 fully saturated rings. The fraction of sp³-hybridized carbons (Fsp3) is 0.429. The Hall–Kier alpha value is 0.01000. The second kappa shape index (κ2) is 5.92. The van der Waals surface area contributed by atoms with Crippen LogP contribution in [0.4, 0.5) is 0 Å². The van der Waals surface area contributed by atoms with Crippen molar-refractivity contribution in [3.05, 3.63) is 15.9 Å². The summed E-state index contributed by atoms with van der Waals surface area (Å²) in [6, 6.07) is 1.66. The third kappa shape index (κ3) is 3.82. The zero-order valence-corrected chi connectivity index (χ0v) is 11.1. The Morgan fingerprint density at radius 3 is 2.80 bits per heavy atom. The first-order valence-corrected chi connectivity index (χ1v) is 7.09. The smallest absolute Gasteiger partial charge is 0.273 e. The van der Waals surface area contributed by atoms with Crippen molar-refractivity contribution < 1.29 is 18.0 Å². The Morgan fingerprint density at radius 1 is 1.53 bits per heavy atom. The molecule has 1 N–H and O–H groups in total. The molecule has 8 heteroatoms. The zero-order valence-electron chi connectivity index (χ0n) is 7.90.